The fraction of sp³-hybridized carbons (Fsp3) is 0.500. The monoisotopic (exact) mass is 199 g/mol. The zero-order valence-corrected chi connectivity index (χ0v) is 8.60. The number of carbonyl (C=O) groups is 1. The highest BCUT2D eigenvalue weighted by atomic mass is 32.2. The molecule has 0 fully saturated rings. The van der Waals surface area contributed by atoms with E-state index in [9.17, 15) is 4.79 Å². The van der Waals surface area contributed by atoms with Crippen LogP contribution < -0.4 is 5.73 Å². The summed E-state index contributed by atoms with van der Waals surface area (Å²) in [5, 5.41) is 3.99. The van der Waals surface area contributed by atoms with Crippen LogP contribution >= 0.6 is 11.8 Å². The number of nitrogen functional groups attached to an aromatic ring is 1. The van der Waals surface area contributed by atoms with Gasteiger partial charge in [-0.25, -0.2) is 0 Å². The Kier molecular flexibility index (Phi) is 3.36. The van der Waals surface area contributed by atoms with E-state index >= 15 is 0 Å². The van der Waals surface area contributed by atoms with Crippen molar-refractivity contribution in [1.29, 1.82) is 0 Å². The Hall–Kier alpha value is -0.970. The lowest BCUT2D eigenvalue weighted by molar-refractivity contribution is 0.108. The summed E-state index contributed by atoms with van der Waals surface area (Å²) in [5.41, 5.74) is 6.62. The van der Waals surface area contributed by atoms with Gasteiger partial charge in [0.2, 0.25) is 5.12 Å². The van der Waals surface area contributed by atoms with Crippen LogP contribution in [0.5, 0.6) is 0 Å². The predicted molar refractivity (Wildman–Crippen MR) is 54.8 cm³/mol. The number of hydrogen-bond acceptors (Lipinski definition) is 4. The molecule has 0 aliphatic carbocycles. The van der Waals surface area contributed by atoms with Crippen molar-refractivity contribution in [2.75, 3.05) is 11.5 Å². The van der Waals surface area contributed by atoms with Crippen LogP contribution in [0, 0.1) is 0 Å². The third-order valence-corrected chi connectivity index (χ3v) is 2.38. The molecule has 0 aromatic carbocycles. The van der Waals surface area contributed by atoms with E-state index in [0.29, 0.717) is 17.9 Å². The largest absolute Gasteiger partial charge is 0.396 e. The molecule has 0 aliphatic heterocycles. The van der Waals surface area contributed by atoms with Gasteiger partial charge in [-0.1, -0.05) is 18.7 Å². The maximum atomic E-state index is 11.5. The first-order chi connectivity index (χ1) is 6.20. The molecule has 1 rings (SSSR count). The number of nitrogens with two attached hydrogens (primary N) is 1. The summed E-state index contributed by atoms with van der Waals surface area (Å²) in [6.07, 6.45) is 1.52. The third-order valence-electron chi connectivity index (χ3n) is 1.64. The molecule has 1 aromatic heterocycles. The summed E-state index contributed by atoms with van der Waals surface area (Å²) in [7, 11) is 0. The number of rotatable bonds is 3. The van der Waals surface area contributed by atoms with Crippen LogP contribution in [0.15, 0.2) is 6.20 Å². The second kappa shape index (κ2) is 4.32. The normalized spacial score (nSPS) is 10.3. The van der Waals surface area contributed by atoms with Gasteiger partial charge in [-0.2, -0.15) is 5.10 Å². The van der Waals surface area contributed by atoms with Gasteiger partial charge in [-0.15, -0.1) is 0 Å². The molecule has 4 nitrogen and oxygen atoms in total. The number of anilines is 1. The highest BCUT2D eigenvalue weighted by Gasteiger charge is 2.15. The highest BCUT2D eigenvalue weighted by molar-refractivity contribution is 8.14. The molecule has 72 valence electrons. The van der Waals surface area contributed by atoms with Gasteiger partial charge in [0.1, 0.15) is 5.69 Å². The predicted octanol–water partition coefficient (Wildman–Crippen LogP) is 1.38. The van der Waals surface area contributed by atoms with Crippen molar-refractivity contribution in [2.45, 2.75) is 20.4 Å². The van der Waals surface area contributed by atoms with E-state index in [4.69, 9.17) is 5.73 Å². The average molecular weight is 199 g/mol. The van der Waals surface area contributed by atoms with Gasteiger partial charge >= 0.3 is 0 Å². The molecule has 0 unspecified atom stereocenters. The Labute approximate surface area is 81.5 Å². The summed E-state index contributed by atoms with van der Waals surface area (Å²) in [5.74, 6) is 0.757. The van der Waals surface area contributed by atoms with Crippen LogP contribution in [0.1, 0.15) is 24.3 Å². The van der Waals surface area contributed by atoms with Gasteiger partial charge < -0.3 is 5.73 Å². The summed E-state index contributed by atoms with van der Waals surface area (Å²) >= 11 is 1.25. The summed E-state index contributed by atoms with van der Waals surface area (Å²) in [6, 6.07) is 0. The molecule has 13 heavy (non-hydrogen) atoms. The molecule has 5 heteroatoms. The molecule has 0 amide bonds. The van der Waals surface area contributed by atoms with E-state index in [1.807, 2.05) is 13.8 Å². The zero-order valence-electron chi connectivity index (χ0n) is 7.78. The minimum absolute atomic E-state index is 0.000602. The van der Waals surface area contributed by atoms with Gasteiger partial charge in [0.15, 0.2) is 0 Å². The van der Waals surface area contributed by atoms with Crippen molar-refractivity contribution in [3.05, 3.63) is 11.9 Å². The smallest absolute Gasteiger partial charge is 0.239 e. The van der Waals surface area contributed by atoms with E-state index in [2.05, 4.69) is 5.10 Å². The maximum Gasteiger partial charge on any atom is 0.239 e. The van der Waals surface area contributed by atoms with Crippen molar-refractivity contribution >= 4 is 22.6 Å². The topological polar surface area (TPSA) is 60.9 Å². The molecule has 0 radical (unpaired) electrons. The minimum Gasteiger partial charge on any atom is -0.396 e. The number of aryl methyl sites for hydroxylation is 1. The summed E-state index contributed by atoms with van der Waals surface area (Å²) in [4.78, 5) is 11.5. The van der Waals surface area contributed by atoms with Crippen LogP contribution in [-0.2, 0) is 6.54 Å². The SMILES string of the molecule is CCSC(=O)c1c(N)cnn1CC. The van der Waals surface area contributed by atoms with E-state index in [1.165, 1.54) is 18.0 Å². The first-order valence-electron chi connectivity index (χ1n) is 4.19. The molecule has 0 spiro atoms. The molecule has 0 saturated carbocycles. The second-order valence-corrected chi connectivity index (χ2v) is 3.72. The zero-order chi connectivity index (χ0) is 9.84. The van der Waals surface area contributed by atoms with Gasteiger partial charge in [-0.05, 0) is 12.7 Å². The number of carbonyl (C=O) groups excluding carboxylic acids is 1. The van der Waals surface area contributed by atoms with Crippen molar-refractivity contribution in [3.63, 3.8) is 0 Å². The quantitative estimate of drug-likeness (QED) is 0.798. The lowest BCUT2D eigenvalue weighted by Gasteiger charge is -2.02. The van der Waals surface area contributed by atoms with E-state index in [0.717, 1.165) is 5.75 Å². The molecular weight excluding hydrogens is 186 g/mol. The molecule has 0 saturated heterocycles. The highest BCUT2D eigenvalue weighted by Crippen LogP contribution is 2.17. The van der Waals surface area contributed by atoms with E-state index < -0.39 is 0 Å². The van der Waals surface area contributed by atoms with Crippen molar-refractivity contribution < 1.29 is 4.79 Å². The Balaban J connectivity index is 2.96. The Bertz CT molecular complexity index is 308. The molecule has 1 heterocycles. The standard InChI is InChI=1S/C8H13N3OS/c1-3-11-7(6(9)5-10-11)8(12)13-4-2/h5H,3-4,9H2,1-2H3. The average Bonchev–Trinajstić information content (AvgIpc) is 2.47. The fourth-order valence-electron chi connectivity index (χ4n) is 1.06. The molecule has 0 aliphatic rings. The Morgan fingerprint density at radius 3 is 2.92 bits per heavy atom. The van der Waals surface area contributed by atoms with E-state index in [-0.39, 0.29) is 5.12 Å². The van der Waals surface area contributed by atoms with Crippen LogP contribution in [0.25, 0.3) is 0 Å². The van der Waals surface area contributed by atoms with Gasteiger partial charge in [0.05, 0.1) is 11.9 Å². The molecule has 1 aromatic rings. The van der Waals surface area contributed by atoms with Gasteiger partial charge in [-0.3, -0.25) is 9.48 Å². The van der Waals surface area contributed by atoms with Crippen LogP contribution in [0.2, 0.25) is 0 Å². The Morgan fingerprint density at radius 1 is 1.69 bits per heavy atom. The van der Waals surface area contributed by atoms with Crippen LogP contribution in [0.3, 0.4) is 0 Å². The van der Waals surface area contributed by atoms with Crippen LogP contribution in [0.4, 0.5) is 5.69 Å². The van der Waals surface area contributed by atoms with Gasteiger partial charge in [0, 0.05) is 6.54 Å². The Morgan fingerprint density at radius 2 is 2.38 bits per heavy atom. The number of hydrogen-bond donors (Lipinski definition) is 1. The molecule has 0 atom stereocenters. The number of thioether (sulfide) groups is 1. The fourth-order valence-corrected chi connectivity index (χ4v) is 1.68. The minimum atomic E-state index is -0.000602. The number of aromatic nitrogens is 2. The molecule has 0 bridgehead atoms. The lowest BCUT2D eigenvalue weighted by Crippen LogP contribution is -2.08. The lowest BCUT2D eigenvalue weighted by atomic mass is 10.4. The number of nitrogens with zero attached hydrogens (tertiary/aromatic N) is 2. The maximum absolute atomic E-state index is 11.5. The van der Waals surface area contributed by atoms with Crippen LogP contribution in [-0.4, -0.2) is 20.6 Å². The van der Waals surface area contributed by atoms with Gasteiger partial charge in [0.25, 0.3) is 0 Å². The second-order valence-electron chi connectivity index (χ2n) is 2.48. The first-order valence-corrected chi connectivity index (χ1v) is 5.17. The molecule has 2 N–H and O–H groups in total. The van der Waals surface area contributed by atoms with E-state index in [1.54, 1.807) is 4.68 Å². The van der Waals surface area contributed by atoms with Crippen molar-refractivity contribution in [1.82, 2.24) is 9.78 Å². The first kappa shape index (κ1) is 10.1. The molecular formula is C8H13N3OS. The van der Waals surface area contributed by atoms with Crippen molar-refractivity contribution in [2.24, 2.45) is 0 Å². The summed E-state index contributed by atoms with van der Waals surface area (Å²) in [6.45, 7) is 4.54. The van der Waals surface area contributed by atoms with Crippen molar-refractivity contribution in [3.8, 4) is 0 Å². The summed E-state index contributed by atoms with van der Waals surface area (Å²) < 4.78 is 1.63. The third kappa shape index (κ3) is 2.03.